The Bertz CT molecular complexity index is 620. The molecule has 3 N–H and O–H groups in total. The lowest BCUT2D eigenvalue weighted by Crippen LogP contribution is -2.42. The fourth-order valence-electron chi connectivity index (χ4n) is 2.87. The van der Waals surface area contributed by atoms with Crippen LogP contribution in [0.15, 0.2) is 17.0 Å². The maximum absolute atomic E-state index is 13.9. The van der Waals surface area contributed by atoms with Crippen LogP contribution in [0.25, 0.3) is 0 Å². The van der Waals surface area contributed by atoms with Crippen molar-refractivity contribution in [1.82, 2.24) is 4.72 Å². The number of benzene rings is 1. The molecule has 0 heterocycles. The van der Waals surface area contributed by atoms with Crippen molar-refractivity contribution in [2.45, 2.75) is 50.0 Å². The summed E-state index contributed by atoms with van der Waals surface area (Å²) in [4.78, 5) is -0.596. The number of rotatable bonds is 4. The molecular weight excluding hydrogens is 298 g/mol. The molecule has 0 bridgehead atoms. The molecule has 0 amide bonds. The molecular formula is C14H20F2N2O2S. The Hall–Kier alpha value is -1.21. The molecule has 1 aromatic carbocycles. The van der Waals surface area contributed by atoms with Crippen LogP contribution in [0.3, 0.4) is 0 Å². The van der Waals surface area contributed by atoms with Gasteiger partial charge in [-0.1, -0.05) is 26.2 Å². The molecule has 0 aromatic heterocycles. The van der Waals surface area contributed by atoms with Crippen LogP contribution in [-0.2, 0) is 10.0 Å². The first kappa shape index (κ1) is 16.2. The third-order valence-electron chi connectivity index (χ3n) is 4.12. The summed E-state index contributed by atoms with van der Waals surface area (Å²) < 4.78 is 54.2. The fraction of sp³-hybridized carbons (Fsp3) is 0.571. The number of hydrogen-bond donors (Lipinski definition) is 2. The molecule has 2 rings (SSSR count). The lowest BCUT2D eigenvalue weighted by molar-refractivity contribution is 0.282. The molecule has 0 spiro atoms. The summed E-state index contributed by atoms with van der Waals surface area (Å²) in [6.45, 7) is 2.01. The van der Waals surface area contributed by atoms with Crippen molar-refractivity contribution in [2.75, 3.05) is 5.73 Å². The largest absolute Gasteiger partial charge is 0.394 e. The standard InChI is InChI=1S/C14H20F2N2O2S/c1-2-9-5-3-4-6-11(9)18-21(19,20)12-8-7-10(15)14(17)13(12)16/h7-9,11,18H,2-6,17H2,1H3. The predicted molar refractivity (Wildman–Crippen MR) is 77.1 cm³/mol. The SMILES string of the molecule is CCC1CCCCC1NS(=O)(=O)c1ccc(F)c(N)c1F. The van der Waals surface area contributed by atoms with Gasteiger partial charge in [0.05, 0.1) is 0 Å². The summed E-state index contributed by atoms with van der Waals surface area (Å²) in [6.07, 6.45) is 4.57. The third-order valence-corrected chi connectivity index (χ3v) is 5.63. The van der Waals surface area contributed by atoms with Gasteiger partial charge >= 0.3 is 0 Å². The molecule has 21 heavy (non-hydrogen) atoms. The third kappa shape index (κ3) is 3.35. The lowest BCUT2D eigenvalue weighted by Gasteiger charge is -2.31. The maximum Gasteiger partial charge on any atom is 0.243 e. The highest BCUT2D eigenvalue weighted by atomic mass is 32.2. The van der Waals surface area contributed by atoms with Crippen molar-refractivity contribution in [1.29, 1.82) is 0 Å². The molecule has 1 aromatic rings. The van der Waals surface area contributed by atoms with Gasteiger partial charge in [-0.05, 0) is 30.9 Å². The first-order valence-corrected chi connectivity index (χ1v) is 8.61. The summed E-state index contributed by atoms with van der Waals surface area (Å²) in [7, 11) is -4.04. The number of nitrogens with one attached hydrogen (secondary N) is 1. The molecule has 2 unspecified atom stereocenters. The van der Waals surface area contributed by atoms with Crippen LogP contribution in [0.4, 0.5) is 14.5 Å². The molecule has 0 saturated heterocycles. The average molecular weight is 318 g/mol. The van der Waals surface area contributed by atoms with Gasteiger partial charge in [-0.2, -0.15) is 0 Å². The van der Waals surface area contributed by atoms with E-state index in [1.807, 2.05) is 6.92 Å². The minimum Gasteiger partial charge on any atom is -0.394 e. The highest BCUT2D eigenvalue weighted by molar-refractivity contribution is 7.89. The van der Waals surface area contributed by atoms with E-state index in [2.05, 4.69) is 4.72 Å². The average Bonchev–Trinajstić information content (AvgIpc) is 2.44. The molecule has 118 valence electrons. The molecule has 2 atom stereocenters. The van der Waals surface area contributed by atoms with E-state index < -0.39 is 32.2 Å². The Kier molecular flexibility index (Phi) is 4.83. The second-order valence-electron chi connectivity index (χ2n) is 5.45. The Morgan fingerprint density at radius 3 is 2.62 bits per heavy atom. The minimum absolute atomic E-state index is 0.209. The maximum atomic E-state index is 13.9. The van der Waals surface area contributed by atoms with Gasteiger partial charge in [0.25, 0.3) is 0 Å². The van der Waals surface area contributed by atoms with Crippen LogP contribution in [0, 0.1) is 17.6 Å². The lowest BCUT2D eigenvalue weighted by atomic mass is 9.83. The number of nitrogens with two attached hydrogens (primary N) is 1. The first-order valence-electron chi connectivity index (χ1n) is 7.12. The topological polar surface area (TPSA) is 72.2 Å². The monoisotopic (exact) mass is 318 g/mol. The zero-order chi connectivity index (χ0) is 15.6. The number of hydrogen-bond acceptors (Lipinski definition) is 3. The summed E-state index contributed by atoms with van der Waals surface area (Å²) in [5, 5.41) is 0. The second-order valence-corrected chi connectivity index (χ2v) is 7.14. The van der Waals surface area contributed by atoms with Gasteiger partial charge in [-0.15, -0.1) is 0 Å². The van der Waals surface area contributed by atoms with Gasteiger partial charge in [0.1, 0.15) is 16.4 Å². The van der Waals surface area contributed by atoms with Crippen LogP contribution in [0.1, 0.15) is 39.0 Å². The van der Waals surface area contributed by atoms with Crippen molar-refractivity contribution < 1.29 is 17.2 Å². The summed E-state index contributed by atoms with van der Waals surface area (Å²) in [5.41, 5.74) is 4.45. The highest BCUT2D eigenvalue weighted by Crippen LogP contribution is 2.29. The van der Waals surface area contributed by atoms with Crippen LogP contribution in [-0.4, -0.2) is 14.5 Å². The molecule has 0 radical (unpaired) electrons. The van der Waals surface area contributed by atoms with Crippen LogP contribution in [0.2, 0.25) is 0 Å². The van der Waals surface area contributed by atoms with Crippen molar-refractivity contribution in [3.8, 4) is 0 Å². The van der Waals surface area contributed by atoms with Gasteiger partial charge in [-0.3, -0.25) is 0 Å². The molecule has 7 heteroatoms. The van der Waals surface area contributed by atoms with E-state index in [0.29, 0.717) is 0 Å². The minimum atomic E-state index is -4.04. The Labute approximate surface area is 123 Å². The zero-order valence-corrected chi connectivity index (χ0v) is 12.7. The van der Waals surface area contributed by atoms with Gasteiger partial charge in [-0.25, -0.2) is 21.9 Å². The quantitative estimate of drug-likeness (QED) is 0.839. The van der Waals surface area contributed by atoms with Crippen molar-refractivity contribution >= 4 is 15.7 Å². The number of nitrogen functional groups attached to an aromatic ring is 1. The first-order chi connectivity index (χ1) is 9.86. The van der Waals surface area contributed by atoms with Gasteiger partial charge < -0.3 is 5.73 Å². The van der Waals surface area contributed by atoms with E-state index in [1.165, 1.54) is 0 Å². The van der Waals surface area contributed by atoms with Crippen molar-refractivity contribution in [2.24, 2.45) is 5.92 Å². The Morgan fingerprint density at radius 1 is 1.29 bits per heavy atom. The van der Waals surface area contributed by atoms with E-state index >= 15 is 0 Å². The molecule has 1 fully saturated rings. The Morgan fingerprint density at radius 2 is 1.95 bits per heavy atom. The summed E-state index contributed by atoms with van der Waals surface area (Å²) in [6, 6.07) is 1.57. The normalized spacial score (nSPS) is 23.2. The van der Waals surface area contributed by atoms with E-state index in [1.54, 1.807) is 0 Å². The Balaban J connectivity index is 2.28. The van der Waals surface area contributed by atoms with Crippen molar-refractivity contribution in [3.63, 3.8) is 0 Å². The number of sulfonamides is 1. The van der Waals surface area contributed by atoms with Crippen molar-refractivity contribution in [3.05, 3.63) is 23.8 Å². The van der Waals surface area contributed by atoms with E-state index in [9.17, 15) is 17.2 Å². The predicted octanol–water partition coefficient (Wildman–Crippen LogP) is 2.79. The molecule has 1 aliphatic carbocycles. The van der Waals surface area contributed by atoms with Crippen LogP contribution >= 0.6 is 0 Å². The summed E-state index contributed by atoms with van der Waals surface area (Å²) >= 11 is 0. The van der Waals surface area contributed by atoms with E-state index in [4.69, 9.17) is 5.73 Å². The highest BCUT2D eigenvalue weighted by Gasteiger charge is 2.30. The molecule has 1 saturated carbocycles. The van der Waals surface area contributed by atoms with Gasteiger partial charge in [0, 0.05) is 6.04 Å². The van der Waals surface area contributed by atoms with E-state index in [-0.39, 0.29) is 12.0 Å². The second kappa shape index (κ2) is 6.27. The molecule has 1 aliphatic rings. The zero-order valence-electron chi connectivity index (χ0n) is 11.9. The molecule has 4 nitrogen and oxygen atoms in total. The smallest absolute Gasteiger partial charge is 0.243 e. The van der Waals surface area contributed by atoms with E-state index in [0.717, 1.165) is 44.2 Å². The van der Waals surface area contributed by atoms with Crippen LogP contribution < -0.4 is 10.5 Å². The van der Waals surface area contributed by atoms with Gasteiger partial charge in [0.15, 0.2) is 5.82 Å². The summed E-state index contributed by atoms with van der Waals surface area (Å²) in [5.74, 6) is -1.95. The number of halogens is 2. The number of anilines is 1. The fourth-order valence-corrected chi connectivity index (χ4v) is 4.30. The van der Waals surface area contributed by atoms with Gasteiger partial charge in [0.2, 0.25) is 10.0 Å². The molecule has 0 aliphatic heterocycles. The van der Waals surface area contributed by atoms with Crippen LogP contribution in [0.5, 0.6) is 0 Å².